The molecule has 2 aromatic carbocycles. The largest absolute Gasteiger partial charge is 0.506 e. The molecule has 0 saturated heterocycles. The summed E-state index contributed by atoms with van der Waals surface area (Å²) >= 11 is 8.42. The minimum Gasteiger partial charge on any atom is -0.506 e. The van der Waals surface area contributed by atoms with Crippen LogP contribution in [-0.2, 0) is 28.0 Å². The summed E-state index contributed by atoms with van der Waals surface area (Å²) in [6, 6.07) is 6.34. The van der Waals surface area contributed by atoms with Gasteiger partial charge in [-0.15, -0.1) is 0 Å². The average molecular weight is 836 g/mol. The fraction of sp³-hybridized carbons (Fsp3) is 0.133. The third kappa shape index (κ3) is 6.48. The van der Waals surface area contributed by atoms with Crippen LogP contribution in [0.4, 0.5) is 0 Å². The number of halogens is 4. The van der Waals surface area contributed by atoms with E-state index >= 15 is 0 Å². The Morgan fingerprint density at radius 1 is 1.04 bits per heavy atom. The van der Waals surface area contributed by atoms with Crippen LogP contribution in [0.15, 0.2) is 24.3 Å². The molecule has 0 aliphatic heterocycles. The summed E-state index contributed by atoms with van der Waals surface area (Å²) < 4.78 is 9.14. The number of hydrogen-bond donors (Lipinski definition) is 3. The van der Waals surface area contributed by atoms with Crippen molar-refractivity contribution in [2.24, 2.45) is 5.73 Å². The summed E-state index contributed by atoms with van der Waals surface area (Å²) in [6.45, 7) is 0. The van der Waals surface area contributed by atoms with Crippen LogP contribution in [0.1, 0.15) is 5.56 Å². The zero-order valence-electron chi connectivity index (χ0n) is 12.2. The topological polar surface area (TPSA) is 92.8 Å². The van der Waals surface area contributed by atoms with Crippen molar-refractivity contribution in [1.82, 2.24) is 0 Å². The van der Waals surface area contributed by atoms with Crippen molar-refractivity contribution in [2.45, 2.75) is 12.5 Å². The first kappa shape index (κ1) is 23.9. The summed E-state index contributed by atoms with van der Waals surface area (Å²) in [6.07, 6.45) is 0.261. The number of phenols is 1. The minimum atomic E-state index is -1.02. The first-order valence-electron chi connectivity index (χ1n) is 6.51. The van der Waals surface area contributed by atoms with Crippen molar-refractivity contribution in [1.29, 1.82) is 0 Å². The Balaban J connectivity index is 0.00000312. The zero-order valence-corrected chi connectivity index (χ0v) is 21.9. The van der Waals surface area contributed by atoms with Gasteiger partial charge in [0.25, 0.3) is 0 Å². The number of carboxylic acid groups (broad SMARTS) is 1. The number of carboxylic acids is 1. The summed E-state index contributed by atoms with van der Waals surface area (Å²) in [5, 5.41) is 18.8. The molecule has 5 nitrogen and oxygen atoms in total. The molecule has 10 heteroatoms. The van der Waals surface area contributed by atoms with E-state index < -0.39 is 12.0 Å². The third-order valence-electron chi connectivity index (χ3n) is 3.04. The predicted molar refractivity (Wildman–Crippen MR) is 125 cm³/mol. The van der Waals surface area contributed by atoms with Gasteiger partial charge in [0, 0.05) is 16.8 Å². The van der Waals surface area contributed by atoms with Gasteiger partial charge in [0.15, 0.2) is 5.75 Å². The molecular formula is C15H11CoI4NO4. The van der Waals surface area contributed by atoms with E-state index in [-0.39, 0.29) is 28.9 Å². The number of phenolic OH excluding ortho intramolecular Hbond substituents is 1. The summed E-state index contributed by atoms with van der Waals surface area (Å²) in [5.41, 5.74) is 6.44. The standard InChI is InChI=1S/C15H11I4NO4.Co/c16-8-4-7(5-9(17)13(8)21)24-14-10(18)1-6(2-11(14)19)3-12(20)15(22)23;/h1-2,4-5,12,21H,3,20H2,(H,22,23);. The molecule has 0 aromatic heterocycles. The maximum atomic E-state index is 10.9. The second-order valence-electron chi connectivity index (χ2n) is 4.88. The van der Waals surface area contributed by atoms with Crippen molar-refractivity contribution in [3.8, 4) is 17.2 Å². The van der Waals surface area contributed by atoms with Gasteiger partial charge < -0.3 is 20.7 Å². The van der Waals surface area contributed by atoms with Gasteiger partial charge in [0.1, 0.15) is 17.5 Å². The van der Waals surface area contributed by atoms with Crippen molar-refractivity contribution >= 4 is 96.3 Å². The number of nitrogens with two attached hydrogens (primary N) is 1. The van der Waals surface area contributed by atoms with Crippen LogP contribution < -0.4 is 10.5 Å². The van der Waals surface area contributed by atoms with Gasteiger partial charge in [-0.05, 0) is 127 Å². The first-order valence-corrected chi connectivity index (χ1v) is 10.8. The molecule has 0 spiro atoms. The second-order valence-corrected chi connectivity index (χ2v) is 9.52. The van der Waals surface area contributed by atoms with Gasteiger partial charge in [-0.25, -0.2) is 0 Å². The van der Waals surface area contributed by atoms with Gasteiger partial charge >= 0.3 is 5.97 Å². The van der Waals surface area contributed by atoms with E-state index in [1.807, 2.05) is 12.1 Å². The number of hydrogen-bond acceptors (Lipinski definition) is 4. The molecule has 0 aliphatic carbocycles. The summed E-state index contributed by atoms with van der Waals surface area (Å²) in [7, 11) is 0. The van der Waals surface area contributed by atoms with Crippen LogP contribution in [0.3, 0.4) is 0 Å². The molecule has 0 heterocycles. The van der Waals surface area contributed by atoms with Crippen LogP contribution in [0.2, 0.25) is 0 Å². The first-order chi connectivity index (χ1) is 11.2. The molecule has 2 rings (SSSR count). The molecule has 0 fully saturated rings. The van der Waals surface area contributed by atoms with Crippen molar-refractivity contribution in [3.63, 3.8) is 0 Å². The summed E-state index contributed by atoms with van der Waals surface area (Å²) in [5.74, 6) is 0.549. The number of aromatic hydroxyl groups is 1. The molecule has 0 saturated carbocycles. The maximum absolute atomic E-state index is 10.9. The molecule has 0 amide bonds. The monoisotopic (exact) mass is 836 g/mol. The number of ether oxygens (including phenoxy) is 1. The van der Waals surface area contributed by atoms with E-state index in [1.54, 1.807) is 12.1 Å². The normalized spacial score (nSPS) is 11.6. The van der Waals surface area contributed by atoms with Crippen LogP contribution >= 0.6 is 90.4 Å². The molecule has 137 valence electrons. The fourth-order valence-corrected chi connectivity index (χ4v) is 5.72. The Morgan fingerprint density at radius 3 is 1.96 bits per heavy atom. The van der Waals surface area contributed by atoms with E-state index in [2.05, 4.69) is 90.4 Å². The molecule has 0 aliphatic rings. The van der Waals surface area contributed by atoms with Gasteiger partial charge in [0.2, 0.25) is 0 Å². The maximum Gasteiger partial charge on any atom is 0.320 e. The number of benzene rings is 2. The second kappa shape index (κ2) is 10.4. The van der Waals surface area contributed by atoms with Gasteiger partial charge in [0.05, 0.1) is 14.3 Å². The SMILES string of the molecule is NC(Cc1cc(I)c(Oc2cc(I)c(O)c(I)c2)c(I)c1)C(=O)O.[Co]. The number of aliphatic carboxylic acids is 1. The molecule has 1 unspecified atom stereocenters. The average Bonchev–Trinajstić information content (AvgIpc) is 2.48. The van der Waals surface area contributed by atoms with Gasteiger partial charge in [-0.1, -0.05) is 0 Å². The van der Waals surface area contributed by atoms with Crippen LogP contribution in [-0.4, -0.2) is 22.2 Å². The molecule has 2 aromatic rings. The Labute approximate surface area is 209 Å². The molecule has 0 bridgehead atoms. The fourth-order valence-electron chi connectivity index (χ4n) is 1.89. The minimum absolute atomic E-state index is 0. The van der Waals surface area contributed by atoms with Gasteiger partial charge in [-0.2, -0.15) is 0 Å². The quantitative estimate of drug-likeness (QED) is 0.385. The van der Waals surface area contributed by atoms with E-state index in [0.29, 0.717) is 18.6 Å². The Kier molecular flexibility index (Phi) is 10.00. The van der Waals surface area contributed by atoms with Crippen molar-refractivity contribution in [3.05, 3.63) is 44.1 Å². The van der Waals surface area contributed by atoms with E-state index in [9.17, 15) is 9.90 Å². The zero-order chi connectivity index (χ0) is 18.0. The van der Waals surface area contributed by atoms with Crippen LogP contribution in [0, 0.1) is 14.3 Å². The van der Waals surface area contributed by atoms with E-state index in [4.69, 9.17) is 15.6 Å². The van der Waals surface area contributed by atoms with Gasteiger partial charge in [-0.3, -0.25) is 4.79 Å². The molecule has 1 atom stereocenters. The number of carbonyl (C=O) groups is 1. The summed E-state index contributed by atoms with van der Waals surface area (Å²) in [4.78, 5) is 10.9. The Morgan fingerprint density at radius 2 is 1.52 bits per heavy atom. The smallest absolute Gasteiger partial charge is 0.320 e. The third-order valence-corrected chi connectivity index (χ3v) is 6.29. The Bertz CT molecular complexity index is 757. The molecule has 1 radical (unpaired) electrons. The predicted octanol–water partition coefficient (Wildman–Crippen LogP) is 4.55. The Hall–Kier alpha value is 0.896. The molecular weight excluding hydrogens is 825 g/mol. The van der Waals surface area contributed by atoms with E-state index in [1.165, 1.54) is 0 Å². The molecule has 25 heavy (non-hydrogen) atoms. The number of rotatable bonds is 5. The van der Waals surface area contributed by atoms with Crippen LogP contribution in [0.25, 0.3) is 0 Å². The van der Waals surface area contributed by atoms with Crippen LogP contribution in [0.5, 0.6) is 17.2 Å². The van der Waals surface area contributed by atoms with Crippen molar-refractivity contribution in [2.75, 3.05) is 0 Å². The van der Waals surface area contributed by atoms with Crippen molar-refractivity contribution < 1.29 is 36.5 Å². The molecule has 4 N–H and O–H groups in total. The van der Waals surface area contributed by atoms with E-state index in [0.717, 1.165) is 12.7 Å².